The minimum atomic E-state index is -0.252. The number of rotatable bonds is 7. The zero-order chi connectivity index (χ0) is 12.6. The number of nitrogens with zero attached hydrogens (tertiary/aromatic N) is 1. The Morgan fingerprint density at radius 2 is 2.00 bits per heavy atom. The highest BCUT2D eigenvalue weighted by Gasteiger charge is 2.33. The van der Waals surface area contributed by atoms with Crippen LogP contribution in [0.5, 0.6) is 0 Å². The smallest absolute Gasteiger partial charge is 0.0521 e. The van der Waals surface area contributed by atoms with Crippen LogP contribution in [0.4, 0.5) is 0 Å². The summed E-state index contributed by atoms with van der Waals surface area (Å²) >= 11 is 0. The summed E-state index contributed by atoms with van der Waals surface area (Å²) in [6, 6.07) is 0. The number of aliphatic hydroxyl groups is 2. The predicted octanol–water partition coefficient (Wildman–Crippen LogP) is 1.80. The van der Waals surface area contributed by atoms with E-state index in [1.165, 1.54) is 6.42 Å². The van der Waals surface area contributed by atoms with Gasteiger partial charge in [-0.05, 0) is 45.2 Å². The molecule has 0 aromatic carbocycles. The van der Waals surface area contributed by atoms with E-state index < -0.39 is 0 Å². The van der Waals surface area contributed by atoms with E-state index in [4.69, 9.17) is 0 Å². The molecule has 0 amide bonds. The number of aliphatic hydroxyl groups excluding tert-OH is 2. The van der Waals surface area contributed by atoms with Crippen LogP contribution >= 0.6 is 0 Å². The average Bonchev–Trinajstić information content (AvgIpc) is 2.39. The maximum Gasteiger partial charge on any atom is 0.0521 e. The lowest BCUT2D eigenvalue weighted by Crippen LogP contribution is -2.47. The van der Waals surface area contributed by atoms with Crippen LogP contribution in [0.1, 0.15) is 39.0 Å². The van der Waals surface area contributed by atoms with Crippen molar-refractivity contribution in [1.29, 1.82) is 0 Å². The highest BCUT2D eigenvalue weighted by Crippen LogP contribution is 2.28. The van der Waals surface area contributed by atoms with Crippen molar-refractivity contribution >= 4 is 0 Å². The van der Waals surface area contributed by atoms with Gasteiger partial charge >= 0.3 is 0 Å². The summed E-state index contributed by atoms with van der Waals surface area (Å²) in [5, 5.41) is 18.8. The van der Waals surface area contributed by atoms with Crippen molar-refractivity contribution in [3.05, 3.63) is 12.2 Å². The van der Waals surface area contributed by atoms with E-state index in [2.05, 4.69) is 24.0 Å². The zero-order valence-corrected chi connectivity index (χ0v) is 11.1. The van der Waals surface area contributed by atoms with E-state index in [0.717, 1.165) is 45.3 Å². The lowest BCUT2D eigenvalue weighted by atomic mass is 9.81. The van der Waals surface area contributed by atoms with Crippen molar-refractivity contribution in [2.24, 2.45) is 5.41 Å². The molecule has 0 unspecified atom stereocenters. The molecule has 0 saturated carbocycles. The van der Waals surface area contributed by atoms with Crippen molar-refractivity contribution in [2.45, 2.75) is 39.0 Å². The van der Waals surface area contributed by atoms with Crippen LogP contribution in [0.2, 0.25) is 0 Å². The summed E-state index contributed by atoms with van der Waals surface area (Å²) in [5.74, 6) is 0. The van der Waals surface area contributed by atoms with E-state index in [1.54, 1.807) is 0 Å². The first kappa shape index (κ1) is 14.7. The molecule has 0 aliphatic carbocycles. The van der Waals surface area contributed by atoms with Crippen molar-refractivity contribution in [2.75, 3.05) is 32.8 Å². The van der Waals surface area contributed by atoms with Crippen LogP contribution in [-0.2, 0) is 0 Å². The summed E-state index contributed by atoms with van der Waals surface area (Å²) in [6.07, 6.45) is 9.91. The second-order valence-corrected chi connectivity index (χ2v) is 5.22. The van der Waals surface area contributed by atoms with Crippen LogP contribution in [0, 0.1) is 5.41 Å². The van der Waals surface area contributed by atoms with Crippen LogP contribution in [0.25, 0.3) is 0 Å². The van der Waals surface area contributed by atoms with Gasteiger partial charge in [-0.3, -0.25) is 0 Å². The molecule has 1 saturated heterocycles. The SMILES string of the molecule is CC/C=C\CCCN1CCCC(CO)(CO)C1. The van der Waals surface area contributed by atoms with E-state index in [0.29, 0.717) is 0 Å². The second kappa shape index (κ2) is 7.85. The van der Waals surface area contributed by atoms with Crippen molar-refractivity contribution in [3.63, 3.8) is 0 Å². The molecule has 0 atom stereocenters. The topological polar surface area (TPSA) is 43.7 Å². The number of unbranched alkanes of at least 4 members (excludes halogenated alkanes) is 1. The molecule has 0 bridgehead atoms. The highest BCUT2D eigenvalue weighted by molar-refractivity contribution is 4.87. The Morgan fingerprint density at radius 3 is 2.65 bits per heavy atom. The van der Waals surface area contributed by atoms with Gasteiger partial charge in [0.1, 0.15) is 0 Å². The van der Waals surface area contributed by atoms with Crippen LogP contribution in [0.3, 0.4) is 0 Å². The molecular formula is C14H27NO2. The largest absolute Gasteiger partial charge is 0.396 e. The molecule has 1 aliphatic heterocycles. The maximum absolute atomic E-state index is 9.40. The Labute approximate surface area is 105 Å². The molecule has 2 N–H and O–H groups in total. The number of hydrogen-bond donors (Lipinski definition) is 2. The molecular weight excluding hydrogens is 214 g/mol. The summed E-state index contributed by atoms with van der Waals surface area (Å²) < 4.78 is 0. The molecule has 3 nitrogen and oxygen atoms in total. The Bertz CT molecular complexity index is 224. The van der Waals surface area contributed by atoms with Gasteiger partial charge in [0.25, 0.3) is 0 Å². The van der Waals surface area contributed by atoms with Gasteiger partial charge in [-0.1, -0.05) is 19.1 Å². The fraction of sp³-hybridized carbons (Fsp3) is 0.857. The lowest BCUT2D eigenvalue weighted by molar-refractivity contribution is -0.0107. The predicted molar refractivity (Wildman–Crippen MR) is 70.9 cm³/mol. The van der Waals surface area contributed by atoms with Gasteiger partial charge in [0, 0.05) is 12.0 Å². The zero-order valence-electron chi connectivity index (χ0n) is 11.1. The monoisotopic (exact) mass is 241 g/mol. The normalized spacial score (nSPS) is 21.1. The Balaban J connectivity index is 2.27. The quantitative estimate of drug-likeness (QED) is 0.527. The molecule has 1 rings (SSSR count). The molecule has 0 spiro atoms. The van der Waals surface area contributed by atoms with Gasteiger partial charge in [-0.15, -0.1) is 0 Å². The summed E-state index contributed by atoms with van der Waals surface area (Å²) in [5.41, 5.74) is -0.252. The van der Waals surface area contributed by atoms with Crippen molar-refractivity contribution in [1.82, 2.24) is 4.90 Å². The molecule has 3 heteroatoms. The molecule has 17 heavy (non-hydrogen) atoms. The first-order chi connectivity index (χ1) is 8.26. The van der Waals surface area contributed by atoms with E-state index >= 15 is 0 Å². The third kappa shape index (κ3) is 4.78. The molecule has 1 heterocycles. The van der Waals surface area contributed by atoms with Crippen molar-refractivity contribution in [3.8, 4) is 0 Å². The fourth-order valence-electron chi connectivity index (χ4n) is 2.53. The molecule has 0 aromatic heterocycles. The third-order valence-electron chi connectivity index (χ3n) is 3.66. The molecule has 1 fully saturated rings. The van der Waals surface area contributed by atoms with Crippen LogP contribution in [0.15, 0.2) is 12.2 Å². The lowest BCUT2D eigenvalue weighted by Gasteiger charge is -2.40. The Kier molecular flexibility index (Phi) is 6.78. The van der Waals surface area contributed by atoms with Gasteiger partial charge in [0.2, 0.25) is 0 Å². The molecule has 0 radical (unpaired) electrons. The van der Waals surface area contributed by atoms with Gasteiger partial charge in [-0.25, -0.2) is 0 Å². The number of piperidine rings is 1. The van der Waals surface area contributed by atoms with Crippen LogP contribution < -0.4 is 0 Å². The second-order valence-electron chi connectivity index (χ2n) is 5.22. The maximum atomic E-state index is 9.40. The number of allylic oxidation sites excluding steroid dienone is 2. The number of likely N-dealkylation sites (tertiary alicyclic amines) is 1. The Morgan fingerprint density at radius 1 is 1.24 bits per heavy atom. The van der Waals surface area contributed by atoms with E-state index in [1.807, 2.05) is 0 Å². The first-order valence-corrected chi connectivity index (χ1v) is 6.85. The summed E-state index contributed by atoms with van der Waals surface area (Å²) in [4.78, 5) is 2.38. The minimum absolute atomic E-state index is 0.107. The van der Waals surface area contributed by atoms with Gasteiger partial charge in [-0.2, -0.15) is 0 Å². The summed E-state index contributed by atoms with van der Waals surface area (Å²) in [6.45, 7) is 5.40. The molecule has 0 aromatic rings. The first-order valence-electron chi connectivity index (χ1n) is 6.85. The van der Waals surface area contributed by atoms with Crippen molar-refractivity contribution < 1.29 is 10.2 Å². The van der Waals surface area contributed by atoms with E-state index in [9.17, 15) is 10.2 Å². The Hall–Kier alpha value is -0.380. The number of hydrogen-bond acceptors (Lipinski definition) is 3. The van der Waals surface area contributed by atoms with Gasteiger partial charge in [0.05, 0.1) is 13.2 Å². The average molecular weight is 241 g/mol. The summed E-state index contributed by atoms with van der Waals surface area (Å²) in [7, 11) is 0. The third-order valence-corrected chi connectivity index (χ3v) is 3.66. The standard InChI is InChI=1S/C14H27NO2/c1-2-3-4-5-6-9-15-10-7-8-14(11-15,12-16)13-17/h3-4,16-17H,2,5-13H2,1H3/b4-3-. The fourth-order valence-corrected chi connectivity index (χ4v) is 2.53. The minimum Gasteiger partial charge on any atom is -0.396 e. The van der Waals surface area contributed by atoms with Gasteiger partial charge in [0.15, 0.2) is 0 Å². The molecule has 100 valence electrons. The van der Waals surface area contributed by atoms with Gasteiger partial charge < -0.3 is 15.1 Å². The van der Waals surface area contributed by atoms with E-state index in [-0.39, 0.29) is 18.6 Å². The van der Waals surface area contributed by atoms with Crippen LogP contribution in [-0.4, -0.2) is 48.0 Å². The molecule has 1 aliphatic rings. The highest BCUT2D eigenvalue weighted by atomic mass is 16.3.